The molecule has 2 fully saturated rings. The van der Waals surface area contributed by atoms with Crippen LogP contribution in [0.3, 0.4) is 0 Å². The molecule has 2 aromatic rings. The van der Waals surface area contributed by atoms with Gasteiger partial charge in [0, 0.05) is 32.0 Å². The Labute approximate surface area is 343 Å². The van der Waals surface area contributed by atoms with Crippen molar-refractivity contribution in [2.24, 2.45) is 23.7 Å². The second kappa shape index (κ2) is 20.7. The molecular weight excluding hydrogens is 748 g/mol. The molecule has 58 heavy (non-hydrogen) atoms. The normalized spacial score (nSPS) is 32.0. The number of hydrogen-bond acceptors (Lipinski definition) is 14. The highest BCUT2D eigenvalue weighted by Crippen LogP contribution is 2.39. The standard InChI is InChI=1S/C44H64N2O12/c1-26-24-44(6,53-12)39(58-43-38(35(45(7)8)21-28(3)55-43)57-42(50)32-16-14-18-34(23-32)52-11)29(4)36(47)30(5)40(48)54-20-19-46(9)25-27(2)37(26)56-41(49)31-15-13-17-33(22-31)51-10/h13-18,22-23,26-30,35,37-39,43H,19-21,24-25H2,1-12H3/t26-,27-,28-,29+,30-,35+,37+,38-,39-,43+,44-/m1/s1. The number of benzene rings is 2. The van der Waals surface area contributed by atoms with Crippen molar-refractivity contribution >= 4 is 23.7 Å². The van der Waals surface area contributed by atoms with Gasteiger partial charge in [0.15, 0.2) is 18.2 Å². The van der Waals surface area contributed by atoms with Crippen LogP contribution in [0.2, 0.25) is 0 Å². The third-order valence-electron chi connectivity index (χ3n) is 11.5. The van der Waals surface area contributed by atoms with Crippen LogP contribution >= 0.6 is 0 Å². The largest absolute Gasteiger partial charge is 0.497 e. The minimum Gasteiger partial charge on any atom is -0.497 e. The summed E-state index contributed by atoms with van der Waals surface area (Å²) in [7, 11) is 10.3. The summed E-state index contributed by atoms with van der Waals surface area (Å²) in [4.78, 5) is 59.1. The summed E-state index contributed by atoms with van der Waals surface area (Å²) in [6, 6.07) is 13.1. The monoisotopic (exact) mass is 812 g/mol. The fourth-order valence-electron chi connectivity index (χ4n) is 8.22. The van der Waals surface area contributed by atoms with Crippen LogP contribution in [0.15, 0.2) is 48.5 Å². The number of hydrogen-bond donors (Lipinski definition) is 0. The molecule has 2 aliphatic heterocycles. The summed E-state index contributed by atoms with van der Waals surface area (Å²) in [5.74, 6) is -3.77. The molecule has 0 amide bonds. The molecule has 14 heteroatoms. The van der Waals surface area contributed by atoms with Gasteiger partial charge in [0.1, 0.15) is 30.1 Å². The molecule has 2 aliphatic rings. The fraction of sp³-hybridized carbons (Fsp3) is 0.636. The number of carbonyl (C=O) groups is 4. The SMILES string of the molecule is COc1cccc(C(=O)O[C@@H]2[C@H](C)CN(C)CCOC(=O)[C@H](C)C(=O)[C@H](C)[C@@H](O[C@@H]3O[C@H](C)C[C@H](N(C)C)[C@H]3OC(=O)c3cccc(OC)c3)[C@](C)(OC)C[C@H]2C)c1. The molecule has 4 rings (SSSR count). The van der Waals surface area contributed by atoms with Gasteiger partial charge < -0.3 is 47.7 Å². The highest BCUT2D eigenvalue weighted by Gasteiger charge is 2.51. The lowest BCUT2D eigenvalue weighted by Crippen LogP contribution is -2.60. The zero-order valence-electron chi connectivity index (χ0n) is 36.2. The average molecular weight is 813 g/mol. The van der Waals surface area contributed by atoms with E-state index in [9.17, 15) is 19.2 Å². The molecule has 0 N–H and O–H groups in total. The van der Waals surface area contributed by atoms with Crippen LogP contribution in [-0.2, 0) is 38.0 Å². The van der Waals surface area contributed by atoms with Crippen LogP contribution in [0.1, 0.15) is 75.1 Å². The number of carbonyl (C=O) groups excluding carboxylic acids is 4. The van der Waals surface area contributed by atoms with Crippen molar-refractivity contribution in [3.05, 3.63) is 59.7 Å². The molecule has 0 unspecified atom stereocenters. The Morgan fingerprint density at radius 3 is 1.95 bits per heavy atom. The molecule has 0 spiro atoms. The van der Waals surface area contributed by atoms with E-state index in [0.29, 0.717) is 36.6 Å². The quantitative estimate of drug-likeness (QED) is 0.174. The van der Waals surface area contributed by atoms with E-state index in [4.69, 9.17) is 37.9 Å². The van der Waals surface area contributed by atoms with Gasteiger partial charge in [-0.1, -0.05) is 32.9 Å². The molecule has 0 bridgehead atoms. The van der Waals surface area contributed by atoms with Crippen molar-refractivity contribution in [2.45, 2.75) is 96.7 Å². The lowest BCUT2D eigenvalue weighted by molar-refractivity contribution is -0.295. The Kier molecular flexibility index (Phi) is 16.7. The molecule has 322 valence electrons. The molecule has 0 saturated carbocycles. The predicted octanol–water partition coefficient (Wildman–Crippen LogP) is 5.30. The number of Topliss-reactive ketones (excluding diaryl/α,β-unsaturated/α-hetero) is 1. The van der Waals surface area contributed by atoms with Crippen molar-refractivity contribution in [1.29, 1.82) is 0 Å². The first-order chi connectivity index (χ1) is 27.4. The minimum atomic E-state index is -1.25. The molecule has 0 aromatic heterocycles. The molecular formula is C44H64N2O12. The number of ketones is 1. The average Bonchev–Trinajstić information content (AvgIpc) is 3.20. The van der Waals surface area contributed by atoms with Gasteiger partial charge in [-0.25, -0.2) is 9.59 Å². The van der Waals surface area contributed by atoms with Crippen LogP contribution in [-0.4, -0.2) is 138 Å². The van der Waals surface area contributed by atoms with Crippen LogP contribution < -0.4 is 9.47 Å². The van der Waals surface area contributed by atoms with Crippen LogP contribution in [0.4, 0.5) is 0 Å². The molecule has 2 heterocycles. The Hall–Kier alpha value is -4.08. The number of methoxy groups -OCH3 is 3. The lowest BCUT2D eigenvalue weighted by atomic mass is 9.76. The topological polar surface area (TPSA) is 149 Å². The second-order valence-electron chi connectivity index (χ2n) is 16.4. The summed E-state index contributed by atoms with van der Waals surface area (Å²) in [6.45, 7) is 11.9. The summed E-state index contributed by atoms with van der Waals surface area (Å²) in [6.07, 6.45) is -3.34. The van der Waals surface area contributed by atoms with Gasteiger partial charge in [-0.15, -0.1) is 0 Å². The number of ether oxygens (including phenoxy) is 8. The zero-order valence-corrected chi connectivity index (χ0v) is 36.2. The van der Waals surface area contributed by atoms with E-state index in [1.165, 1.54) is 28.3 Å². The van der Waals surface area contributed by atoms with E-state index >= 15 is 0 Å². The Morgan fingerprint density at radius 1 is 0.845 bits per heavy atom. The first kappa shape index (κ1) is 46.6. The van der Waals surface area contributed by atoms with Crippen molar-refractivity contribution in [3.8, 4) is 11.5 Å². The van der Waals surface area contributed by atoms with Crippen molar-refractivity contribution < 1.29 is 57.1 Å². The van der Waals surface area contributed by atoms with Gasteiger partial charge >= 0.3 is 17.9 Å². The predicted molar refractivity (Wildman–Crippen MR) is 216 cm³/mol. The first-order valence-electron chi connectivity index (χ1n) is 20.0. The zero-order chi connectivity index (χ0) is 42.9. The van der Waals surface area contributed by atoms with E-state index in [1.54, 1.807) is 55.5 Å². The Morgan fingerprint density at radius 2 is 1.41 bits per heavy atom. The van der Waals surface area contributed by atoms with Crippen molar-refractivity contribution in [1.82, 2.24) is 9.80 Å². The van der Waals surface area contributed by atoms with E-state index in [1.807, 2.05) is 58.6 Å². The number of esters is 3. The van der Waals surface area contributed by atoms with Gasteiger partial charge in [-0.3, -0.25) is 9.59 Å². The highest BCUT2D eigenvalue weighted by atomic mass is 16.7. The highest BCUT2D eigenvalue weighted by molar-refractivity contribution is 6.00. The van der Waals surface area contributed by atoms with E-state index in [0.717, 1.165) is 0 Å². The van der Waals surface area contributed by atoms with E-state index in [-0.39, 0.29) is 42.6 Å². The van der Waals surface area contributed by atoms with E-state index < -0.39 is 65.7 Å². The summed E-state index contributed by atoms with van der Waals surface area (Å²) >= 11 is 0. The first-order valence-corrected chi connectivity index (χ1v) is 20.0. The smallest absolute Gasteiger partial charge is 0.338 e. The van der Waals surface area contributed by atoms with Gasteiger partial charge in [0.2, 0.25) is 0 Å². The summed E-state index contributed by atoms with van der Waals surface area (Å²) < 4.78 is 48.7. The Balaban J connectivity index is 1.78. The van der Waals surface area contributed by atoms with Crippen molar-refractivity contribution in [3.63, 3.8) is 0 Å². The third-order valence-corrected chi connectivity index (χ3v) is 11.5. The number of cyclic esters (lactones) is 1. The molecule has 2 saturated heterocycles. The van der Waals surface area contributed by atoms with Gasteiger partial charge in [-0.05, 0) is 97.1 Å². The fourth-order valence-corrected chi connectivity index (χ4v) is 8.22. The van der Waals surface area contributed by atoms with E-state index in [2.05, 4.69) is 0 Å². The minimum absolute atomic E-state index is 0.0631. The maximum absolute atomic E-state index is 14.3. The van der Waals surface area contributed by atoms with Crippen molar-refractivity contribution in [2.75, 3.05) is 62.2 Å². The lowest BCUT2D eigenvalue weighted by Gasteiger charge is -2.48. The number of rotatable bonds is 10. The molecule has 14 nitrogen and oxygen atoms in total. The number of nitrogens with zero attached hydrogens (tertiary/aromatic N) is 2. The summed E-state index contributed by atoms with van der Waals surface area (Å²) in [5.41, 5.74) is -0.625. The molecule has 0 radical (unpaired) electrons. The van der Waals surface area contributed by atoms with Crippen LogP contribution in [0.5, 0.6) is 11.5 Å². The summed E-state index contributed by atoms with van der Waals surface area (Å²) in [5, 5.41) is 0. The molecule has 11 atom stereocenters. The van der Waals surface area contributed by atoms with Gasteiger partial charge in [0.25, 0.3) is 0 Å². The second-order valence-corrected chi connectivity index (χ2v) is 16.4. The van der Waals surface area contributed by atoms with Crippen LogP contribution in [0.25, 0.3) is 0 Å². The van der Waals surface area contributed by atoms with Gasteiger partial charge in [0.05, 0.1) is 49.2 Å². The molecule has 2 aromatic carbocycles. The maximum atomic E-state index is 14.3. The Bertz CT molecular complexity index is 1700. The van der Waals surface area contributed by atoms with Crippen LogP contribution in [0, 0.1) is 23.7 Å². The van der Waals surface area contributed by atoms with Gasteiger partial charge in [-0.2, -0.15) is 0 Å². The third kappa shape index (κ3) is 11.6. The number of likely N-dealkylation sites (N-methyl/N-ethyl adjacent to an activating group) is 2. The maximum Gasteiger partial charge on any atom is 0.338 e. The molecule has 0 aliphatic carbocycles.